The van der Waals surface area contributed by atoms with Gasteiger partial charge in [-0.05, 0) is 17.7 Å². The van der Waals surface area contributed by atoms with Crippen molar-refractivity contribution in [1.82, 2.24) is 10.2 Å². The number of hydrogen-bond donors (Lipinski definition) is 1. The largest absolute Gasteiger partial charge is 0.445 e. The van der Waals surface area contributed by atoms with Crippen LogP contribution in [0.2, 0.25) is 0 Å². The Hall–Kier alpha value is -3.47. The van der Waals surface area contributed by atoms with Crippen LogP contribution in [0.4, 0.5) is 4.79 Å². The molecule has 266 valence electrons. The number of nitrogens with zero attached hydrogens (tertiary/aromatic N) is 1. The molecule has 0 unspecified atom stereocenters. The van der Waals surface area contributed by atoms with Crippen LogP contribution in [0, 0.1) is 0 Å². The summed E-state index contributed by atoms with van der Waals surface area (Å²) in [6.45, 7) is 7.59. The number of alkyl carbamates (subject to hydrolysis) is 1. The molecule has 0 spiro atoms. The van der Waals surface area contributed by atoms with Crippen molar-refractivity contribution < 1.29 is 57.0 Å². The molecule has 3 rings (SSSR count). The smallest absolute Gasteiger partial charge is 0.407 e. The third-order valence-corrected chi connectivity index (χ3v) is 6.67. The van der Waals surface area contributed by atoms with Gasteiger partial charge in [-0.3, -0.25) is 14.5 Å². The first-order valence-electron chi connectivity index (χ1n) is 16.2. The first kappa shape index (κ1) is 39.0. The Morgan fingerprint density at radius 1 is 0.500 bits per heavy atom. The standard InChI is InChI=1S/C34H48N2O12/c37-32-30-8-4-5-9-31(30)33(38)36(32)11-13-41-15-17-43-19-21-45-23-25-47-27-26-46-24-22-44-20-18-42-16-14-40-12-10-35-34(39)48-28-29-6-2-1-3-7-29/h1-9H,10-28H2,(H,35,39). The van der Waals surface area contributed by atoms with Gasteiger partial charge in [0, 0.05) is 6.54 Å². The van der Waals surface area contributed by atoms with E-state index in [-0.39, 0.29) is 31.6 Å². The highest BCUT2D eigenvalue weighted by Gasteiger charge is 2.34. The van der Waals surface area contributed by atoms with Gasteiger partial charge in [-0.15, -0.1) is 0 Å². The van der Waals surface area contributed by atoms with Gasteiger partial charge in [-0.25, -0.2) is 4.79 Å². The van der Waals surface area contributed by atoms with E-state index in [9.17, 15) is 14.4 Å². The number of ether oxygens (including phenoxy) is 9. The SMILES string of the molecule is O=C(NCCOCCOCCOCCOCCOCCOCCOCCOCCN1C(=O)c2ccccc2C1=O)OCc1ccccc1. The van der Waals surface area contributed by atoms with E-state index in [1.54, 1.807) is 24.3 Å². The van der Waals surface area contributed by atoms with Crippen LogP contribution < -0.4 is 5.32 Å². The fourth-order valence-corrected chi connectivity index (χ4v) is 4.24. The molecule has 1 aliphatic heterocycles. The molecule has 0 atom stereocenters. The Kier molecular flexibility index (Phi) is 20.7. The quantitative estimate of drug-likeness (QED) is 0.0996. The van der Waals surface area contributed by atoms with Crippen LogP contribution in [0.15, 0.2) is 54.6 Å². The maximum atomic E-state index is 12.3. The number of imide groups is 1. The lowest BCUT2D eigenvalue weighted by atomic mass is 10.1. The van der Waals surface area contributed by atoms with Gasteiger partial charge < -0.3 is 47.9 Å². The summed E-state index contributed by atoms with van der Waals surface area (Å²) >= 11 is 0. The minimum atomic E-state index is -0.476. The van der Waals surface area contributed by atoms with Gasteiger partial charge in [0.2, 0.25) is 0 Å². The molecule has 0 aliphatic carbocycles. The third-order valence-electron chi connectivity index (χ3n) is 6.67. The van der Waals surface area contributed by atoms with Gasteiger partial charge in [-0.2, -0.15) is 0 Å². The average Bonchev–Trinajstić information content (AvgIpc) is 3.35. The lowest BCUT2D eigenvalue weighted by molar-refractivity contribution is -0.0232. The molecule has 1 heterocycles. The van der Waals surface area contributed by atoms with E-state index in [0.717, 1.165) is 5.56 Å². The molecule has 1 N–H and O–H groups in total. The van der Waals surface area contributed by atoms with Gasteiger partial charge >= 0.3 is 6.09 Å². The third kappa shape index (κ3) is 16.6. The van der Waals surface area contributed by atoms with E-state index in [0.29, 0.717) is 117 Å². The Morgan fingerprint density at radius 2 is 0.875 bits per heavy atom. The molecule has 0 radical (unpaired) electrons. The van der Waals surface area contributed by atoms with E-state index in [1.165, 1.54) is 4.90 Å². The van der Waals surface area contributed by atoms with E-state index in [2.05, 4.69) is 5.32 Å². The van der Waals surface area contributed by atoms with E-state index < -0.39 is 6.09 Å². The average molecular weight is 677 g/mol. The molecule has 0 bridgehead atoms. The summed E-state index contributed by atoms with van der Waals surface area (Å²) in [4.78, 5) is 37.4. The fraction of sp³-hybridized carbons (Fsp3) is 0.559. The normalized spacial score (nSPS) is 12.5. The number of rotatable bonds is 29. The Labute approximate surface area is 281 Å². The zero-order valence-corrected chi connectivity index (χ0v) is 27.5. The number of nitrogens with one attached hydrogen (secondary N) is 1. The highest BCUT2D eigenvalue weighted by molar-refractivity contribution is 6.21. The minimum Gasteiger partial charge on any atom is -0.445 e. The van der Waals surface area contributed by atoms with Crippen molar-refractivity contribution in [3.05, 3.63) is 71.3 Å². The molecule has 14 nitrogen and oxygen atoms in total. The second-order valence-corrected chi connectivity index (χ2v) is 10.2. The highest BCUT2D eigenvalue weighted by Crippen LogP contribution is 2.21. The topological polar surface area (TPSA) is 150 Å². The molecule has 2 aromatic rings. The van der Waals surface area contributed by atoms with Crippen LogP contribution in [-0.4, -0.2) is 142 Å². The molecule has 0 saturated heterocycles. The van der Waals surface area contributed by atoms with Crippen LogP contribution in [0.1, 0.15) is 26.3 Å². The molecule has 0 fully saturated rings. The summed E-state index contributed by atoms with van der Waals surface area (Å²) in [5.41, 5.74) is 1.81. The monoisotopic (exact) mass is 676 g/mol. The van der Waals surface area contributed by atoms with Gasteiger partial charge in [-0.1, -0.05) is 42.5 Å². The second-order valence-electron chi connectivity index (χ2n) is 10.2. The van der Waals surface area contributed by atoms with Gasteiger partial charge in [0.05, 0.1) is 123 Å². The van der Waals surface area contributed by atoms with Gasteiger partial charge in [0.25, 0.3) is 11.8 Å². The summed E-state index contributed by atoms with van der Waals surface area (Å²) in [7, 11) is 0. The molecule has 0 saturated carbocycles. The van der Waals surface area contributed by atoms with Crippen molar-refractivity contribution >= 4 is 17.9 Å². The van der Waals surface area contributed by atoms with Crippen LogP contribution in [0.25, 0.3) is 0 Å². The van der Waals surface area contributed by atoms with Gasteiger partial charge in [0.15, 0.2) is 0 Å². The molecular weight excluding hydrogens is 628 g/mol. The zero-order chi connectivity index (χ0) is 33.9. The van der Waals surface area contributed by atoms with Crippen LogP contribution in [-0.2, 0) is 49.2 Å². The van der Waals surface area contributed by atoms with Crippen molar-refractivity contribution in [2.24, 2.45) is 0 Å². The Bertz CT molecular complexity index is 1130. The number of carbonyl (C=O) groups excluding carboxylic acids is 3. The first-order valence-corrected chi connectivity index (χ1v) is 16.2. The lowest BCUT2D eigenvalue weighted by Crippen LogP contribution is -2.33. The summed E-state index contributed by atoms with van der Waals surface area (Å²) < 4.78 is 48.8. The molecule has 2 aromatic carbocycles. The number of amides is 3. The Balaban J connectivity index is 0.943. The number of fused-ring (bicyclic) bond motifs is 1. The number of benzene rings is 2. The maximum Gasteiger partial charge on any atom is 0.407 e. The molecular formula is C34H48N2O12. The zero-order valence-electron chi connectivity index (χ0n) is 27.5. The predicted molar refractivity (Wildman–Crippen MR) is 173 cm³/mol. The van der Waals surface area contributed by atoms with Crippen molar-refractivity contribution in [2.75, 3.05) is 119 Å². The van der Waals surface area contributed by atoms with Crippen LogP contribution in [0.5, 0.6) is 0 Å². The van der Waals surface area contributed by atoms with Crippen LogP contribution in [0.3, 0.4) is 0 Å². The predicted octanol–water partition coefficient (Wildman–Crippen LogP) is 2.34. The number of carbonyl (C=O) groups is 3. The Morgan fingerprint density at radius 3 is 1.31 bits per heavy atom. The van der Waals surface area contributed by atoms with Gasteiger partial charge in [0.1, 0.15) is 6.61 Å². The molecule has 3 amide bonds. The van der Waals surface area contributed by atoms with Crippen molar-refractivity contribution in [2.45, 2.75) is 6.61 Å². The summed E-state index contributed by atoms with van der Waals surface area (Å²) in [5, 5.41) is 2.64. The molecule has 14 heteroatoms. The maximum absolute atomic E-state index is 12.3. The minimum absolute atomic E-state index is 0.209. The number of hydrogen-bond acceptors (Lipinski definition) is 12. The van der Waals surface area contributed by atoms with Crippen molar-refractivity contribution in [1.29, 1.82) is 0 Å². The van der Waals surface area contributed by atoms with Crippen molar-refractivity contribution in [3.8, 4) is 0 Å². The second kappa shape index (κ2) is 25.5. The summed E-state index contributed by atoms with van der Waals surface area (Å²) in [6.07, 6.45) is -0.476. The van der Waals surface area contributed by atoms with E-state index in [1.807, 2.05) is 30.3 Å². The fourth-order valence-electron chi connectivity index (χ4n) is 4.24. The van der Waals surface area contributed by atoms with Crippen molar-refractivity contribution in [3.63, 3.8) is 0 Å². The van der Waals surface area contributed by atoms with Crippen LogP contribution >= 0.6 is 0 Å². The summed E-state index contributed by atoms with van der Waals surface area (Å²) in [5.74, 6) is -0.563. The molecule has 48 heavy (non-hydrogen) atoms. The lowest BCUT2D eigenvalue weighted by Gasteiger charge is -2.13. The van der Waals surface area contributed by atoms with E-state index in [4.69, 9.17) is 42.6 Å². The summed E-state index contributed by atoms with van der Waals surface area (Å²) in [6, 6.07) is 16.3. The first-order chi connectivity index (χ1) is 23.7. The molecule has 1 aliphatic rings. The van der Waals surface area contributed by atoms with E-state index >= 15 is 0 Å². The highest BCUT2D eigenvalue weighted by atomic mass is 16.6. The molecule has 0 aromatic heterocycles.